The van der Waals surface area contributed by atoms with Gasteiger partial charge in [-0.15, -0.1) is 11.6 Å². The third-order valence-electron chi connectivity index (χ3n) is 2.91. The van der Waals surface area contributed by atoms with Gasteiger partial charge in [0.15, 0.2) is 0 Å². The molecule has 1 aromatic rings. The van der Waals surface area contributed by atoms with Crippen LogP contribution < -0.4 is 5.32 Å². The Labute approximate surface area is 106 Å². The SMILES string of the molecule is O=C(Nc1ccc(CCCl)cc1)C1CCOC1. The van der Waals surface area contributed by atoms with E-state index in [0.29, 0.717) is 19.1 Å². The normalized spacial score (nSPS) is 19.2. The number of nitrogens with one attached hydrogen (secondary N) is 1. The maximum atomic E-state index is 11.8. The number of halogens is 1. The maximum absolute atomic E-state index is 11.8. The molecule has 1 atom stereocenters. The third-order valence-corrected chi connectivity index (χ3v) is 3.09. The van der Waals surface area contributed by atoms with Crippen molar-refractivity contribution >= 4 is 23.2 Å². The molecule has 17 heavy (non-hydrogen) atoms. The highest BCUT2D eigenvalue weighted by molar-refractivity contribution is 6.17. The van der Waals surface area contributed by atoms with Gasteiger partial charge in [-0.3, -0.25) is 4.79 Å². The van der Waals surface area contributed by atoms with E-state index in [4.69, 9.17) is 16.3 Å². The zero-order chi connectivity index (χ0) is 12.1. The topological polar surface area (TPSA) is 38.3 Å². The van der Waals surface area contributed by atoms with E-state index in [9.17, 15) is 4.79 Å². The lowest BCUT2D eigenvalue weighted by Crippen LogP contribution is -2.22. The summed E-state index contributed by atoms with van der Waals surface area (Å²) in [6.07, 6.45) is 1.67. The third kappa shape index (κ3) is 3.45. The van der Waals surface area contributed by atoms with E-state index >= 15 is 0 Å². The van der Waals surface area contributed by atoms with Crippen LogP contribution in [0.5, 0.6) is 0 Å². The van der Waals surface area contributed by atoms with Crippen molar-refractivity contribution in [1.82, 2.24) is 0 Å². The van der Waals surface area contributed by atoms with E-state index in [0.717, 1.165) is 18.5 Å². The molecule has 1 heterocycles. The van der Waals surface area contributed by atoms with Crippen LogP contribution in [-0.4, -0.2) is 25.0 Å². The van der Waals surface area contributed by atoms with Gasteiger partial charge in [0.05, 0.1) is 12.5 Å². The fourth-order valence-corrected chi connectivity index (χ4v) is 2.07. The van der Waals surface area contributed by atoms with Crippen molar-refractivity contribution < 1.29 is 9.53 Å². The number of anilines is 1. The van der Waals surface area contributed by atoms with Crippen molar-refractivity contribution in [2.24, 2.45) is 5.92 Å². The minimum Gasteiger partial charge on any atom is -0.381 e. The van der Waals surface area contributed by atoms with Crippen molar-refractivity contribution in [3.8, 4) is 0 Å². The molecule has 0 radical (unpaired) electrons. The number of benzene rings is 1. The quantitative estimate of drug-likeness (QED) is 0.837. The minimum absolute atomic E-state index is 0.00230. The molecule has 1 unspecified atom stereocenters. The van der Waals surface area contributed by atoms with Crippen LogP contribution in [0.1, 0.15) is 12.0 Å². The molecule has 0 aromatic heterocycles. The van der Waals surface area contributed by atoms with Crippen LogP contribution in [-0.2, 0) is 16.0 Å². The summed E-state index contributed by atoms with van der Waals surface area (Å²) in [4.78, 5) is 11.8. The molecule has 1 aliphatic heterocycles. The van der Waals surface area contributed by atoms with Crippen molar-refractivity contribution in [3.05, 3.63) is 29.8 Å². The first-order chi connectivity index (χ1) is 8.29. The summed E-state index contributed by atoms with van der Waals surface area (Å²) < 4.78 is 5.19. The number of hydrogen-bond acceptors (Lipinski definition) is 2. The lowest BCUT2D eigenvalue weighted by Gasteiger charge is -2.09. The van der Waals surface area contributed by atoms with Gasteiger partial charge in [-0.2, -0.15) is 0 Å². The Morgan fingerprint density at radius 1 is 1.41 bits per heavy atom. The Hall–Kier alpha value is -1.06. The molecule has 1 fully saturated rings. The first kappa shape index (κ1) is 12.4. The maximum Gasteiger partial charge on any atom is 0.229 e. The molecule has 3 nitrogen and oxygen atoms in total. The van der Waals surface area contributed by atoms with Crippen LogP contribution in [0.4, 0.5) is 5.69 Å². The molecule has 0 aliphatic carbocycles. The van der Waals surface area contributed by atoms with Crippen LogP contribution in [0.15, 0.2) is 24.3 Å². The first-order valence-corrected chi connectivity index (χ1v) is 6.36. The fraction of sp³-hybridized carbons (Fsp3) is 0.462. The zero-order valence-electron chi connectivity index (χ0n) is 9.62. The Balaban J connectivity index is 1.91. The molecule has 1 saturated heterocycles. The van der Waals surface area contributed by atoms with Crippen LogP contribution in [0, 0.1) is 5.92 Å². The standard InChI is InChI=1S/C13H16ClNO2/c14-7-5-10-1-3-12(4-2-10)15-13(16)11-6-8-17-9-11/h1-4,11H,5-9H2,(H,15,16). The number of carbonyl (C=O) groups is 1. The van der Waals surface area contributed by atoms with Gasteiger partial charge in [-0.25, -0.2) is 0 Å². The van der Waals surface area contributed by atoms with Gasteiger partial charge >= 0.3 is 0 Å². The van der Waals surface area contributed by atoms with Crippen molar-refractivity contribution in [3.63, 3.8) is 0 Å². The molecule has 0 bridgehead atoms. The van der Waals surface area contributed by atoms with Gasteiger partial charge in [0, 0.05) is 18.2 Å². The largest absolute Gasteiger partial charge is 0.381 e. The number of ether oxygens (including phenoxy) is 1. The molecule has 0 spiro atoms. The van der Waals surface area contributed by atoms with Crippen LogP contribution in [0.25, 0.3) is 0 Å². The lowest BCUT2D eigenvalue weighted by atomic mass is 10.1. The summed E-state index contributed by atoms with van der Waals surface area (Å²) in [6.45, 7) is 1.23. The first-order valence-electron chi connectivity index (χ1n) is 5.83. The van der Waals surface area contributed by atoms with Crippen LogP contribution in [0.2, 0.25) is 0 Å². The molecule has 92 valence electrons. The highest BCUT2D eigenvalue weighted by Crippen LogP contribution is 2.16. The summed E-state index contributed by atoms with van der Waals surface area (Å²) in [7, 11) is 0. The van der Waals surface area contributed by atoms with E-state index in [1.807, 2.05) is 24.3 Å². The van der Waals surface area contributed by atoms with Crippen LogP contribution in [0.3, 0.4) is 0 Å². The second-order valence-electron chi connectivity index (χ2n) is 4.19. The number of carbonyl (C=O) groups excluding carboxylic acids is 1. The predicted octanol–water partition coefficient (Wildman–Crippen LogP) is 2.44. The summed E-state index contributed by atoms with van der Waals surface area (Å²) in [5.41, 5.74) is 2.02. The summed E-state index contributed by atoms with van der Waals surface area (Å²) in [6, 6.07) is 7.80. The Kier molecular flexibility index (Phi) is 4.40. The number of alkyl halides is 1. The van der Waals surface area contributed by atoms with Gasteiger partial charge < -0.3 is 10.1 Å². The average Bonchev–Trinajstić information content (AvgIpc) is 2.86. The summed E-state index contributed by atoms with van der Waals surface area (Å²) in [5, 5.41) is 2.90. The molecule has 1 amide bonds. The molecule has 2 rings (SSSR count). The highest BCUT2D eigenvalue weighted by Gasteiger charge is 2.23. The number of hydrogen-bond donors (Lipinski definition) is 1. The molecular formula is C13H16ClNO2. The second kappa shape index (κ2) is 6.03. The summed E-state index contributed by atoms with van der Waals surface area (Å²) >= 11 is 5.66. The van der Waals surface area contributed by atoms with E-state index in [1.54, 1.807) is 0 Å². The monoisotopic (exact) mass is 253 g/mol. The minimum atomic E-state index is -0.00230. The number of rotatable bonds is 4. The number of amides is 1. The smallest absolute Gasteiger partial charge is 0.229 e. The molecule has 0 saturated carbocycles. The lowest BCUT2D eigenvalue weighted by molar-refractivity contribution is -0.119. The van der Waals surface area contributed by atoms with Crippen molar-refractivity contribution in [2.75, 3.05) is 24.4 Å². The van der Waals surface area contributed by atoms with E-state index in [-0.39, 0.29) is 11.8 Å². The Morgan fingerprint density at radius 2 is 2.18 bits per heavy atom. The zero-order valence-corrected chi connectivity index (χ0v) is 10.4. The second-order valence-corrected chi connectivity index (χ2v) is 4.56. The molecule has 1 N–H and O–H groups in total. The molecule has 1 aromatic carbocycles. The van der Waals surface area contributed by atoms with Gasteiger partial charge in [0.1, 0.15) is 0 Å². The van der Waals surface area contributed by atoms with Gasteiger partial charge in [-0.05, 0) is 30.5 Å². The molecule has 4 heteroatoms. The number of aryl methyl sites for hydroxylation is 1. The van der Waals surface area contributed by atoms with Crippen LogP contribution >= 0.6 is 11.6 Å². The summed E-state index contributed by atoms with van der Waals surface area (Å²) in [5.74, 6) is 0.663. The fourth-order valence-electron chi connectivity index (χ4n) is 1.85. The molecule has 1 aliphatic rings. The van der Waals surface area contributed by atoms with Crippen molar-refractivity contribution in [2.45, 2.75) is 12.8 Å². The van der Waals surface area contributed by atoms with Gasteiger partial charge in [0.2, 0.25) is 5.91 Å². The van der Waals surface area contributed by atoms with E-state index in [1.165, 1.54) is 5.56 Å². The average molecular weight is 254 g/mol. The molecular weight excluding hydrogens is 238 g/mol. The Bertz CT molecular complexity index is 372. The Morgan fingerprint density at radius 3 is 2.76 bits per heavy atom. The van der Waals surface area contributed by atoms with Gasteiger partial charge in [0.25, 0.3) is 0 Å². The van der Waals surface area contributed by atoms with Gasteiger partial charge in [-0.1, -0.05) is 12.1 Å². The van der Waals surface area contributed by atoms with E-state index < -0.39 is 0 Å². The highest BCUT2D eigenvalue weighted by atomic mass is 35.5. The van der Waals surface area contributed by atoms with Crippen molar-refractivity contribution in [1.29, 1.82) is 0 Å². The predicted molar refractivity (Wildman–Crippen MR) is 68.4 cm³/mol. The van der Waals surface area contributed by atoms with E-state index in [2.05, 4.69) is 5.32 Å².